The number of thioether (sulfide) groups is 1. The first-order chi connectivity index (χ1) is 16.0. The molecule has 1 atom stereocenters. The third kappa shape index (κ3) is 6.19. The van der Waals surface area contributed by atoms with Gasteiger partial charge < -0.3 is 20.0 Å². The molecule has 0 saturated carbocycles. The molecule has 2 aliphatic rings. The zero-order valence-electron chi connectivity index (χ0n) is 19.0. The number of benzene rings is 2. The smallest absolute Gasteiger partial charge is 0.321 e. The van der Waals surface area contributed by atoms with E-state index in [1.807, 2.05) is 40.9 Å². The lowest BCUT2D eigenvalue weighted by molar-refractivity contribution is 0.0953. The maximum Gasteiger partial charge on any atom is 0.321 e. The van der Waals surface area contributed by atoms with E-state index in [1.54, 1.807) is 12.1 Å². The van der Waals surface area contributed by atoms with Crippen molar-refractivity contribution in [2.45, 2.75) is 11.7 Å². The first-order valence-electron chi connectivity index (χ1n) is 11.3. The Morgan fingerprint density at radius 2 is 1.82 bits per heavy atom. The second-order valence-electron chi connectivity index (χ2n) is 8.58. The van der Waals surface area contributed by atoms with Crippen LogP contribution in [0.15, 0.2) is 48.5 Å². The summed E-state index contributed by atoms with van der Waals surface area (Å²) in [6, 6.07) is 15.5. The molecule has 2 heterocycles. The summed E-state index contributed by atoms with van der Waals surface area (Å²) in [6.45, 7) is 5.52. The Labute approximate surface area is 199 Å². The van der Waals surface area contributed by atoms with E-state index in [1.165, 1.54) is 0 Å². The van der Waals surface area contributed by atoms with E-state index >= 15 is 0 Å². The average molecular weight is 469 g/mol. The average Bonchev–Trinajstić information content (AvgIpc) is 2.85. The lowest BCUT2D eigenvalue weighted by Crippen LogP contribution is -2.45. The van der Waals surface area contributed by atoms with Crippen LogP contribution in [0.3, 0.4) is 0 Å². The molecule has 4 rings (SSSR count). The van der Waals surface area contributed by atoms with Crippen LogP contribution in [-0.2, 0) is 6.42 Å². The number of carbonyl (C=O) groups excluding carboxylic acids is 2. The van der Waals surface area contributed by atoms with Crippen LogP contribution in [0.1, 0.15) is 15.9 Å². The van der Waals surface area contributed by atoms with Crippen LogP contribution in [-0.4, -0.2) is 79.1 Å². The first kappa shape index (κ1) is 23.4. The molecule has 0 bridgehead atoms. The minimum atomic E-state index is -0.298. The molecule has 2 aromatic carbocycles. The van der Waals surface area contributed by atoms with Crippen LogP contribution in [0, 0.1) is 0 Å². The van der Waals surface area contributed by atoms with Crippen molar-refractivity contribution in [2.75, 3.05) is 62.3 Å². The predicted molar refractivity (Wildman–Crippen MR) is 135 cm³/mol. The van der Waals surface area contributed by atoms with Gasteiger partial charge in [0.25, 0.3) is 5.91 Å². The van der Waals surface area contributed by atoms with Gasteiger partial charge in [-0.3, -0.25) is 10.2 Å². The Morgan fingerprint density at radius 1 is 1.06 bits per heavy atom. The van der Waals surface area contributed by atoms with Crippen molar-refractivity contribution in [3.05, 3.63) is 59.7 Å². The quantitative estimate of drug-likeness (QED) is 0.354. The minimum absolute atomic E-state index is 0.0502. The van der Waals surface area contributed by atoms with E-state index in [9.17, 15) is 9.59 Å². The molecule has 1 unspecified atom stereocenters. The Balaban J connectivity index is 1.32. The summed E-state index contributed by atoms with van der Waals surface area (Å²) in [5.74, 6) is 5.80. The van der Waals surface area contributed by atoms with Gasteiger partial charge in [0, 0.05) is 67.2 Å². The monoisotopic (exact) mass is 468 g/mol. The highest BCUT2D eigenvalue weighted by Gasteiger charge is 2.25. The number of urea groups is 1. The van der Waals surface area contributed by atoms with Crippen molar-refractivity contribution in [1.29, 1.82) is 0 Å². The van der Waals surface area contributed by atoms with E-state index in [-0.39, 0.29) is 11.9 Å². The van der Waals surface area contributed by atoms with Crippen LogP contribution < -0.4 is 21.5 Å². The lowest BCUT2D eigenvalue weighted by Gasteiger charge is -2.34. The second-order valence-corrected chi connectivity index (χ2v) is 9.99. The van der Waals surface area contributed by atoms with E-state index in [2.05, 4.69) is 39.7 Å². The normalized spacial score (nSPS) is 19.3. The topological polar surface area (TPSA) is 93.9 Å². The Hall–Kier alpha value is -2.75. The molecule has 0 aromatic heterocycles. The van der Waals surface area contributed by atoms with E-state index in [4.69, 9.17) is 5.84 Å². The number of nitrogens with zero attached hydrogens (tertiary/aromatic N) is 3. The molecule has 8 nitrogen and oxygen atoms in total. The van der Waals surface area contributed by atoms with Crippen LogP contribution in [0.4, 0.5) is 16.2 Å². The Morgan fingerprint density at radius 3 is 2.55 bits per heavy atom. The molecule has 0 spiro atoms. The highest BCUT2D eigenvalue weighted by Crippen LogP contribution is 2.25. The maximum atomic E-state index is 13.0. The van der Waals surface area contributed by atoms with Crippen molar-refractivity contribution in [3.63, 3.8) is 0 Å². The summed E-state index contributed by atoms with van der Waals surface area (Å²) in [5.41, 5.74) is 5.81. The molecule has 2 aromatic rings. The number of rotatable bonds is 5. The molecule has 2 aliphatic heterocycles. The molecule has 2 fully saturated rings. The molecule has 4 N–H and O–H groups in total. The van der Waals surface area contributed by atoms with Crippen LogP contribution in [0.25, 0.3) is 0 Å². The largest absolute Gasteiger partial charge is 0.369 e. The zero-order chi connectivity index (χ0) is 23.2. The third-order valence-corrected chi connectivity index (χ3v) is 7.41. The number of amides is 3. The number of nitrogen functional groups attached to an aromatic ring is 1. The number of carbonyl (C=O) groups is 2. The summed E-state index contributed by atoms with van der Waals surface area (Å²) in [7, 11) is 2.15. The number of likely N-dealkylation sites (N-methyl/N-ethyl adjacent to an activating group) is 1. The molecule has 0 radical (unpaired) electrons. The molecule has 3 amide bonds. The van der Waals surface area contributed by atoms with Gasteiger partial charge >= 0.3 is 6.03 Å². The Bertz CT molecular complexity index is 962. The standard InChI is InChI=1S/C24H32N6O2S/c1-28-9-11-29(12-10-28)21-4-2-3-20(16-21)26-24(32)30-13-14-33-22(17-30)15-18-5-7-19(8-6-18)23(31)27-25/h2-8,16,22H,9-15,17,25H2,1H3,(H,26,32)(H,27,31). The molecule has 9 heteroatoms. The third-order valence-electron chi connectivity index (χ3n) is 6.20. The van der Waals surface area contributed by atoms with Crippen molar-refractivity contribution in [3.8, 4) is 0 Å². The number of anilines is 2. The first-order valence-corrected chi connectivity index (χ1v) is 12.4. The van der Waals surface area contributed by atoms with Crippen molar-refractivity contribution in [2.24, 2.45) is 5.84 Å². The van der Waals surface area contributed by atoms with Gasteiger partial charge in [0.2, 0.25) is 0 Å². The van der Waals surface area contributed by atoms with Gasteiger partial charge in [0.1, 0.15) is 0 Å². The number of hydrazine groups is 1. The molecule has 2 saturated heterocycles. The molecule has 176 valence electrons. The highest BCUT2D eigenvalue weighted by molar-refractivity contribution is 8.00. The van der Waals surface area contributed by atoms with E-state index < -0.39 is 0 Å². The fourth-order valence-corrected chi connectivity index (χ4v) is 5.47. The Kier molecular flexibility index (Phi) is 7.74. The summed E-state index contributed by atoms with van der Waals surface area (Å²) >= 11 is 1.89. The highest BCUT2D eigenvalue weighted by atomic mass is 32.2. The van der Waals surface area contributed by atoms with Crippen LogP contribution in [0.5, 0.6) is 0 Å². The van der Waals surface area contributed by atoms with Crippen LogP contribution in [0.2, 0.25) is 0 Å². The van der Waals surface area contributed by atoms with Gasteiger partial charge in [-0.1, -0.05) is 18.2 Å². The molecule has 33 heavy (non-hydrogen) atoms. The second kappa shape index (κ2) is 10.9. The fourth-order valence-electron chi connectivity index (χ4n) is 4.21. The van der Waals surface area contributed by atoms with Crippen molar-refractivity contribution >= 4 is 35.1 Å². The SMILES string of the molecule is CN1CCN(c2cccc(NC(=O)N3CCSC(Cc4ccc(C(=O)NN)cc4)C3)c2)CC1. The summed E-state index contributed by atoms with van der Waals surface area (Å²) in [4.78, 5) is 31.2. The summed E-state index contributed by atoms with van der Waals surface area (Å²) in [6.07, 6.45) is 0.845. The minimum Gasteiger partial charge on any atom is -0.369 e. The van der Waals surface area contributed by atoms with Crippen molar-refractivity contribution < 1.29 is 9.59 Å². The molecule has 0 aliphatic carbocycles. The number of hydrogen-bond donors (Lipinski definition) is 3. The molecular formula is C24H32N6O2S. The molecular weight excluding hydrogens is 436 g/mol. The van der Waals surface area contributed by atoms with Gasteiger partial charge in [-0.2, -0.15) is 11.8 Å². The van der Waals surface area contributed by atoms with Gasteiger partial charge in [0.05, 0.1) is 0 Å². The van der Waals surface area contributed by atoms with Gasteiger partial charge in [-0.15, -0.1) is 0 Å². The van der Waals surface area contributed by atoms with E-state index in [0.29, 0.717) is 17.4 Å². The number of piperazine rings is 1. The lowest BCUT2D eigenvalue weighted by atomic mass is 10.1. The maximum absolute atomic E-state index is 13.0. The predicted octanol–water partition coefficient (Wildman–Crippen LogP) is 2.23. The number of nitrogens with two attached hydrogens (primary N) is 1. The zero-order valence-corrected chi connectivity index (χ0v) is 19.8. The summed E-state index contributed by atoms with van der Waals surface area (Å²) in [5, 5.41) is 3.41. The fraction of sp³-hybridized carbons (Fsp3) is 0.417. The van der Waals surface area contributed by atoms with Gasteiger partial charge in [-0.05, 0) is 49.4 Å². The van der Waals surface area contributed by atoms with Crippen molar-refractivity contribution in [1.82, 2.24) is 15.2 Å². The summed E-state index contributed by atoms with van der Waals surface area (Å²) < 4.78 is 0. The van der Waals surface area contributed by atoms with Gasteiger partial charge in [-0.25, -0.2) is 10.6 Å². The van der Waals surface area contributed by atoms with Crippen LogP contribution >= 0.6 is 11.8 Å². The number of nitrogens with one attached hydrogen (secondary N) is 2. The van der Waals surface area contributed by atoms with E-state index in [0.717, 1.165) is 61.8 Å². The van der Waals surface area contributed by atoms with Gasteiger partial charge in [0.15, 0.2) is 0 Å². The number of hydrogen-bond acceptors (Lipinski definition) is 6.